The Labute approximate surface area is 157 Å². The molecule has 0 saturated carbocycles. The molecule has 0 aliphatic carbocycles. The highest BCUT2D eigenvalue weighted by Crippen LogP contribution is 2.21. The van der Waals surface area contributed by atoms with Crippen molar-refractivity contribution in [3.05, 3.63) is 88.0 Å². The zero-order valence-electron chi connectivity index (χ0n) is 14.6. The van der Waals surface area contributed by atoms with E-state index in [0.717, 1.165) is 16.7 Å². The largest absolute Gasteiger partial charge is 0.360 e. The van der Waals surface area contributed by atoms with Crippen molar-refractivity contribution >= 4 is 22.5 Å². The summed E-state index contributed by atoms with van der Waals surface area (Å²) in [6.45, 7) is 1.68. The quantitative estimate of drug-likeness (QED) is 0.585. The number of hydrogen-bond donors (Lipinski definition) is 1. The lowest BCUT2D eigenvalue weighted by atomic mass is 10.1. The molecule has 0 atom stereocenters. The molecule has 0 unspecified atom stereocenters. The molecule has 8 heteroatoms. The minimum absolute atomic E-state index is 0.125. The number of pyridine rings is 1. The van der Waals surface area contributed by atoms with Gasteiger partial charge in [0.1, 0.15) is 17.4 Å². The SMILES string of the molecule is Cc1cc(NC(=O)c2cn(-c3ccc(F)cc3F)c(=O)c3ccccc23)no1. The summed E-state index contributed by atoms with van der Waals surface area (Å²) in [6, 6.07) is 10.9. The molecule has 1 N–H and O–H groups in total. The summed E-state index contributed by atoms with van der Waals surface area (Å²) in [5.41, 5.74) is -0.571. The van der Waals surface area contributed by atoms with Crippen LogP contribution in [-0.2, 0) is 0 Å². The van der Waals surface area contributed by atoms with Gasteiger partial charge in [0.25, 0.3) is 11.5 Å². The number of amides is 1. The molecule has 0 saturated heterocycles. The Morgan fingerprint density at radius 3 is 2.54 bits per heavy atom. The van der Waals surface area contributed by atoms with Gasteiger partial charge in [-0.2, -0.15) is 0 Å². The fourth-order valence-corrected chi connectivity index (χ4v) is 2.94. The maximum Gasteiger partial charge on any atom is 0.263 e. The minimum Gasteiger partial charge on any atom is -0.360 e. The van der Waals surface area contributed by atoms with E-state index in [9.17, 15) is 18.4 Å². The van der Waals surface area contributed by atoms with Gasteiger partial charge in [-0.25, -0.2) is 8.78 Å². The normalized spacial score (nSPS) is 11.0. The highest BCUT2D eigenvalue weighted by molar-refractivity contribution is 6.12. The summed E-state index contributed by atoms with van der Waals surface area (Å²) >= 11 is 0. The van der Waals surface area contributed by atoms with E-state index in [2.05, 4.69) is 10.5 Å². The van der Waals surface area contributed by atoms with Crippen molar-refractivity contribution in [1.82, 2.24) is 9.72 Å². The standard InChI is InChI=1S/C20H13F2N3O3/c1-11-8-18(24-28-11)23-19(26)15-10-25(17-7-6-12(21)9-16(17)22)20(27)14-5-3-2-4-13(14)15/h2-10H,1H3,(H,23,24,26). The van der Waals surface area contributed by atoms with Crippen molar-refractivity contribution < 1.29 is 18.1 Å². The number of benzene rings is 2. The van der Waals surface area contributed by atoms with Gasteiger partial charge in [-0.3, -0.25) is 14.2 Å². The van der Waals surface area contributed by atoms with E-state index < -0.39 is 23.1 Å². The van der Waals surface area contributed by atoms with Gasteiger partial charge in [0, 0.05) is 29.1 Å². The molecule has 28 heavy (non-hydrogen) atoms. The highest BCUT2D eigenvalue weighted by Gasteiger charge is 2.18. The van der Waals surface area contributed by atoms with Crippen molar-refractivity contribution in [3.63, 3.8) is 0 Å². The number of fused-ring (bicyclic) bond motifs is 1. The molecule has 2 aromatic heterocycles. The first kappa shape index (κ1) is 17.6. The van der Waals surface area contributed by atoms with Crippen LogP contribution in [0.25, 0.3) is 16.5 Å². The van der Waals surface area contributed by atoms with Crippen molar-refractivity contribution in [2.45, 2.75) is 6.92 Å². The van der Waals surface area contributed by atoms with E-state index in [4.69, 9.17) is 4.52 Å². The van der Waals surface area contributed by atoms with Crippen LogP contribution in [-0.4, -0.2) is 15.6 Å². The molecule has 0 fully saturated rings. The number of hydrogen-bond acceptors (Lipinski definition) is 4. The van der Waals surface area contributed by atoms with E-state index in [-0.39, 0.29) is 22.5 Å². The van der Waals surface area contributed by atoms with Gasteiger partial charge in [0.15, 0.2) is 5.82 Å². The Kier molecular flexibility index (Phi) is 4.23. The van der Waals surface area contributed by atoms with Gasteiger partial charge in [-0.15, -0.1) is 0 Å². The molecular weight excluding hydrogens is 368 g/mol. The molecule has 0 bridgehead atoms. The Balaban J connectivity index is 1.91. The Morgan fingerprint density at radius 1 is 1.11 bits per heavy atom. The summed E-state index contributed by atoms with van der Waals surface area (Å²) in [4.78, 5) is 25.7. The second-order valence-electron chi connectivity index (χ2n) is 6.14. The number of carbonyl (C=O) groups is 1. The van der Waals surface area contributed by atoms with Crippen LogP contribution in [0.2, 0.25) is 0 Å². The predicted octanol–water partition coefficient (Wildman–Crippen LogP) is 3.82. The number of aryl methyl sites for hydroxylation is 1. The molecule has 4 aromatic rings. The molecule has 2 aromatic carbocycles. The fourth-order valence-electron chi connectivity index (χ4n) is 2.94. The van der Waals surface area contributed by atoms with Crippen LogP contribution in [0.3, 0.4) is 0 Å². The molecular formula is C20H13F2N3O3. The third-order valence-electron chi connectivity index (χ3n) is 4.21. The van der Waals surface area contributed by atoms with E-state index >= 15 is 0 Å². The lowest BCUT2D eigenvalue weighted by Crippen LogP contribution is -2.23. The highest BCUT2D eigenvalue weighted by atomic mass is 19.1. The maximum absolute atomic E-state index is 14.3. The smallest absolute Gasteiger partial charge is 0.263 e. The summed E-state index contributed by atoms with van der Waals surface area (Å²) in [5.74, 6) is -1.53. The molecule has 0 aliphatic rings. The molecule has 0 aliphatic heterocycles. The Bertz CT molecular complexity index is 1280. The molecule has 140 valence electrons. The van der Waals surface area contributed by atoms with Gasteiger partial charge >= 0.3 is 0 Å². The average Bonchev–Trinajstić information content (AvgIpc) is 3.07. The van der Waals surface area contributed by atoms with Crippen molar-refractivity contribution in [1.29, 1.82) is 0 Å². The third-order valence-corrected chi connectivity index (χ3v) is 4.21. The maximum atomic E-state index is 14.3. The van der Waals surface area contributed by atoms with E-state index in [1.165, 1.54) is 18.3 Å². The molecule has 1 amide bonds. The number of aromatic nitrogens is 2. The van der Waals surface area contributed by atoms with Crippen molar-refractivity contribution in [2.24, 2.45) is 0 Å². The topological polar surface area (TPSA) is 77.1 Å². The molecule has 0 spiro atoms. The summed E-state index contributed by atoms with van der Waals surface area (Å²) in [6.07, 6.45) is 1.23. The zero-order valence-corrected chi connectivity index (χ0v) is 14.6. The second kappa shape index (κ2) is 6.73. The van der Waals surface area contributed by atoms with Crippen LogP contribution in [0.4, 0.5) is 14.6 Å². The number of halogens is 2. The van der Waals surface area contributed by atoms with E-state index in [0.29, 0.717) is 17.2 Å². The first-order valence-corrected chi connectivity index (χ1v) is 8.28. The van der Waals surface area contributed by atoms with Gasteiger partial charge in [0.05, 0.1) is 11.3 Å². The monoisotopic (exact) mass is 381 g/mol. The Hall–Kier alpha value is -3.81. The molecule has 0 radical (unpaired) electrons. The fraction of sp³-hybridized carbons (Fsp3) is 0.0500. The number of nitrogens with zero attached hydrogens (tertiary/aromatic N) is 2. The average molecular weight is 381 g/mol. The zero-order chi connectivity index (χ0) is 19.8. The van der Waals surface area contributed by atoms with Crippen LogP contribution in [0.5, 0.6) is 0 Å². The molecule has 4 rings (SSSR count). The number of nitrogens with one attached hydrogen (secondary N) is 1. The number of anilines is 1. The lowest BCUT2D eigenvalue weighted by Gasteiger charge is -2.12. The lowest BCUT2D eigenvalue weighted by molar-refractivity contribution is 0.102. The predicted molar refractivity (Wildman–Crippen MR) is 98.7 cm³/mol. The van der Waals surface area contributed by atoms with Crippen LogP contribution in [0, 0.1) is 18.6 Å². The minimum atomic E-state index is -0.920. The van der Waals surface area contributed by atoms with Gasteiger partial charge in [-0.05, 0) is 25.1 Å². The van der Waals surface area contributed by atoms with Crippen LogP contribution < -0.4 is 10.9 Å². The first-order chi connectivity index (χ1) is 13.4. The molecule has 6 nitrogen and oxygen atoms in total. The molecule has 2 heterocycles. The van der Waals surface area contributed by atoms with Gasteiger partial charge in [0.2, 0.25) is 0 Å². The first-order valence-electron chi connectivity index (χ1n) is 8.28. The summed E-state index contributed by atoms with van der Waals surface area (Å²) in [7, 11) is 0. The van der Waals surface area contributed by atoms with Crippen LogP contribution in [0.1, 0.15) is 16.1 Å². The van der Waals surface area contributed by atoms with Crippen LogP contribution in [0.15, 0.2) is 64.0 Å². The van der Waals surface area contributed by atoms with E-state index in [1.54, 1.807) is 25.1 Å². The Morgan fingerprint density at radius 2 is 1.86 bits per heavy atom. The van der Waals surface area contributed by atoms with Crippen LogP contribution >= 0.6 is 0 Å². The number of rotatable bonds is 3. The number of carbonyl (C=O) groups excluding carboxylic acids is 1. The van der Waals surface area contributed by atoms with Crippen molar-refractivity contribution in [3.8, 4) is 5.69 Å². The van der Waals surface area contributed by atoms with Gasteiger partial charge < -0.3 is 9.84 Å². The third kappa shape index (κ3) is 3.05. The summed E-state index contributed by atoms with van der Waals surface area (Å²) < 4.78 is 33.4. The second-order valence-corrected chi connectivity index (χ2v) is 6.14. The van der Waals surface area contributed by atoms with Crippen molar-refractivity contribution in [2.75, 3.05) is 5.32 Å². The summed E-state index contributed by atoms with van der Waals surface area (Å²) in [5, 5.41) is 6.90. The van der Waals surface area contributed by atoms with E-state index in [1.807, 2.05) is 0 Å². The van der Waals surface area contributed by atoms with Gasteiger partial charge in [-0.1, -0.05) is 23.4 Å².